The quantitative estimate of drug-likeness (QED) is 0.730. The Bertz CT molecular complexity index is 898. The molecule has 0 N–H and O–H groups in total. The molecule has 1 aromatic carbocycles. The fourth-order valence-electron chi connectivity index (χ4n) is 2.88. The fourth-order valence-corrected chi connectivity index (χ4v) is 2.88. The molecule has 110 valence electrons. The van der Waals surface area contributed by atoms with Crippen molar-refractivity contribution in [3.63, 3.8) is 0 Å². The second-order valence-corrected chi connectivity index (χ2v) is 5.41. The number of rotatable bonds is 2. The van der Waals surface area contributed by atoms with E-state index in [9.17, 15) is 4.79 Å². The number of methoxy groups -OCH3 is 1. The molecule has 3 heterocycles. The highest BCUT2D eigenvalue weighted by molar-refractivity contribution is 6.10. The number of carbonyl (C=O) groups is 1. The van der Waals surface area contributed by atoms with Crippen LogP contribution >= 0.6 is 0 Å². The van der Waals surface area contributed by atoms with Gasteiger partial charge in [0.25, 0.3) is 5.91 Å². The lowest BCUT2D eigenvalue weighted by Gasteiger charge is -2.14. The number of amides is 1. The van der Waals surface area contributed by atoms with Gasteiger partial charge in [-0.2, -0.15) is 0 Å². The van der Waals surface area contributed by atoms with Gasteiger partial charge < -0.3 is 9.30 Å². The maximum atomic E-state index is 12.6. The predicted octanol–water partition coefficient (Wildman–Crippen LogP) is 2.74. The number of hydrogen-bond donors (Lipinski definition) is 0. The van der Waals surface area contributed by atoms with Crippen molar-refractivity contribution in [2.45, 2.75) is 6.54 Å². The molecule has 1 aliphatic rings. The van der Waals surface area contributed by atoms with Gasteiger partial charge in [0.2, 0.25) is 0 Å². The standard InChI is InChI=1S/C17H15N3O2/c1-19-8-7-14-15(19)5-6-16(18-14)20-10-11-3-4-12(22-2)9-13(11)17(20)21/h3-9H,10H2,1-2H3. The van der Waals surface area contributed by atoms with E-state index in [0.717, 1.165) is 16.6 Å². The van der Waals surface area contributed by atoms with Crippen molar-refractivity contribution in [1.29, 1.82) is 0 Å². The SMILES string of the molecule is COc1ccc2c(c1)C(=O)N(c1ccc3c(ccn3C)n1)C2. The van der Waals surface area contributed by atoms with Gasteiger partial charge in [-0.15, -0.1) is 0 Å². The minimum atomic E-state index is -0.0309. The molecule has 5 nitrogen and oxygen atoms in total. The molecule has 0 saturated carbocycles. The molecular formula is C17H15N3O2. The number of pyridine rings is 1. The fraction of sp³-hybridized carbons (Fsp3) is 0.176. The van der Waals surface area contributed by atoms with E-state index >= 15 is 0 Å². The first-order valence-electron chi connectivity index (χ1n) is 7.08. The third kappa shape index (κ3) is 1.79. The molecule has 0 aliphatic carbocycles. The first-order chi connectivity index (χ1) is 10.7. The van der Waals surface area contributed by atoms with Crippen molar-refractivity contribution in [2.24, 2.45) is 7.05 Å². The molecular weight excluding hydrogens is 278 g/mol. The lowest BCUT2D eigenvalue weighted by molar-refractivity contribution is 0.0995. The zero-order valence-electron chi connectivity index (χ0n) is 12.4. The monoisotopic (exact) mass is 293 g/mol. The Kier molecular flexibility index (Phi) is 2.69. The highest BCUT2D eigenvalue weighted by Gasteiger charge is 2.29. The lowest BCUT2D eigenvalue weighted by atomic mass is 10.1. The summed E-state index contributed by atoms with van der Waals surface area (Å²) in [6.45, 7) is 0.545. The highest BCUT2D eigenvalue weighted by atomic mass is 16.5. The van der Waals surface area contributed by atoms with E-state index in [2.05, 4.69) is 4.98 Å². The van der Waals surface area contributed by atoms with Gasteiger partial charge in [-0.25, -0.2) is 4.98 Å². The molecule has 0 unspecified atom stereocenters. The summed E-state index contributed by atoms with van der Waals surface area (Å²) in [6, 6.07) is 11.4. The number of benzene rings is 1. The van der Waals surface area contributed by atoms with Gasteiger partial charge >= 0.3 is 0 Å². The van der Waals surface area contributed by atoms with E-state index in [1.54, 1.807) is 18.1 Å². The topological polar surface area (TPSA) is 47.4 Å². The van der Waals surface area contributed by atoms with Crippen molar-refractivity contribution in [2.75, 3.05) is 12.0 Å². The van der Waals surface area contributed by atoms with Crippen LogP contribution in [0.1, 0.15) is 15.9 Å². The zero-order valence-corrected chi connectivity index (χ0v) is 12.4. The van der Waals surface area contributed by atoms with Crippen LogP contribution in [0.25, 0.3) is 11.0 Å². The van der Waals surface area contributed by atoms with Crippen LogP contribution in [-0.2, 0) is 13.6 Å². The second-order valence-electron chi connectivity index (χ2n) is 5.41. The van der Waals surface area contributed by atoms with Crippen molar-refractivity contribution in [3.05, 3.63) is 53.7 Å². The summed E-state index contributed by atoms with van der Waals surface area (Å²) < 4.78 is 7.21. The Morgan fingerprint density at radius 3 is 2.86 bits per heavy atom. The van der Waals surface area contributed by atoms with E-state index in [4.69, 9.17) is 4.74 Å². The molecule has 1 aliphatic heterocycles. The molecule has 1 amide bonds. The Morgan fingerprint density at radius 2 is 2.05 bits per heavy atom. The minimum Gasteiger partial charge on any atom is -0.497 e. The average Bonchev–Trinajstić information content (AvgIpc) is 3.08. The summed E-state index contributed by atoms with van der Waals surface area (Å²) in [4.78, 5) is 18.9. The van der Waals surface area contributed by atoms with Crippen LogP contribution in [0.4, 0.5) is 5.82 Å². The summed E-state index contributed by atoms with van der Waals surface area (Å²) in [5, 5.41) is 0. The second kappa shape index (κ2) is 4.59. The van der Waals surface area contributed by atoms with Crippen LogP contribution in [0.15, 0.2) is 42.6 Å². The van der Waals surface area contributed by atoms with Crippen molar-refractivity contribution in [1.82, 2.24) is 9.55 Å². The summed E-state index contributed by atoms with van der Waals surface area (Å²) in [6.07, 6.45) is 1.97. The number of anilines is 1. The van der Waals surface area contributed by atoms with Gasteiger partial charge in [0, 0.05) is 18.8 Å². The molecule has 2 aromatic heterocycles. The van der Waals surface area contributed by atoms with E-state index in [1.807, 2.05) is 48.1 Å². The summed E-state index contributed by atoms with van der Waals surface area (Å²) >= 11 is 0. The largest absolute Gasteiger partial charge is 0.497 e. The van der Waals surface area contributed by atoms with E-state index in [-0.39, 0.29) is 5.91 Å². The van der Waals surface area contributed by atoms with Gasteiger partial charge in [0.05, 0.1) is 24.7 Å². The predicted molar refractivity (Wildman–Crippen MR) is 84.2 cm³/mol. The maximum Gasteiger partial charge on any atom is 0.260 e. The third-order valence-electron chi connectivity index (χ3n) is 4.12. The van der Waals surface area contributed by atoms with Gasteiger partial charge in [-0.1, -0.05) is 6.07 Å². The van der Waals surface area contributed by atoms with Crippen molar-refractivity contribution < 1.29 is 9.53 Å². The summed E-state index contributed by atoms with van der Waals surface area (Å²) in [7, 11) is 3.58. The maximum absolute atomic E-state index is 12.6. The van der Waals surface area contributed by atoms with Crippen LogP contribution < -0.4 is 9.64 Å². The molecule has 22 heavy (non-hydrogen) atoms. The van der Waals surface area contributed by atoms with Crippen LogP contribution in [0.5, 0.6) is 5.75 Å². The highest BCUT2D eigenvalue weighted by Crippen LogP contribution is 2.30. The van der Waals surface area contributed by atoms with Gasteiger partial charge in [-0.3, -0.25) is 9.69 Å². The van der Waals surface area contributed by atoms with Crippen molar-refractivity contribution in [3.8, 4) is 5.75 Å². The third-order valence-corrected chi connectivity index (χ3v) is 4.12. The van der Waals surface area contributed by atoms with E-state index in [1.165, 1.54) is 0 Å². The first kappa shape index (κ1) is 12.9. The first-order valence-corrected chi connectivity index (χ1v) is 7.08. The molecule has 4 rings (SSSR count). The Labute approximate surface area is 127 Å². The minimum absolute atomic E-state index is 0.0309. The van der Waals surface area contributed by atoms with Gasteiger partial charge in [0.1, 0.15) is 11.6 Å². The molecule has 0 bridgehead atoms. The normalized spacial score (nSPS) is 13.7. The number of ether oxygens (including phenoxy) is 1. The van der Waals surface area contributed by atoms with E-state index < -0.39 is 0 Å². The number of aromatic nitrogens is 2. The summed E-state index contributed by atoms with van der Waals surface area (Å²) in [5.41, 5.74) is 3.63. The summed E-state index contributed by atoms with van der Waals surface area (Å²) in [5.74, 6) is 1.34. The molecule has 0 spiro atoms. The van der Waals surface area contributed by atoms with Crippen molar-refractivity contribution >= 4 is 22.8 Å². The van der Waals surface area contributed by atoms with Crippen LogP contribution in [0, 0.1) is 0 Å². The molecule has 5 heteroatoms. The smallest absolute Gasteiger partial charge is 0.260 e. The van der Waals surface area contributed by atoms with Gasteiger partial charge in [0.15, 0.2) is 0 Å². The number of carbonyl (C=O) groups excluding carboxylic acids is 1. The molecule has 0 saturated heterocycles. The molecule has 0 radical (unpaired) electrons. The number of nitrogens with zero attached hydrogens (tertiary/aromatic N) is 3. The lowest BCUT2D eigenvalue weighted by Crippen LogP contribution is -2.23. The van der Waals surface area contributed by atoms with Crippen LogP contribution in [0.2, 0.25) is 0 Å². The number of hydrogen-bond acceptors (Lipinski definition) is 3. The van der Waals surface area contributed by atoms with Gasteiger partial charge in [-0.05, 0) is 35.9 Å². The average molecular weight is 293 g/mol. The Balaban J connectivity index is 1.75. The van der Waals surface area contributed by atoms with E-state index in [0.29, 0.717) is 23.7 Å². The Hall–Kier alpha value is -2.82. The number of aryl methyl sites for hydroxylation is 1. The molecule has 0 fully saturated rings. The van der Waals surface area contributed by atoms with Crippen LogP contribution in [0.3, 0.4) is 0 Å². The molecule has 3 aromatic rings. The number of fused-ring (bicyclic) bond motifs is 2. The van der Waals surface area contributed by atoms with Crippen LogP contribution in [-0.4, -0.2) is 22.6 Å². The zero-order chi connectivity index (χ0) is 15.3. The molecule has 0 atom stereocenters. The Morgan fingerprint density at radius 1 is 1.18 bits per heavy atom.